The molecule has 0 aliphatic carbocycles. The van der Waals surface area contributed by atoms with Gasteiger partial charge in [-0.25, -0.2) is 0 Å². The third-order valence-corrected chi connectivity index (χ3v) is 3.66. The summed E-state index contributed by atoms with van der Waals surface area (Å²) in [5, 5.41) is 21.7. The Hall–Kier alpha value is -2.66. The molecule has 122 valence electrons. The van der Waals surface area contributed by atoms with Crippen molar-refractivity contribution in [1.82, 2.24) is 14.8 Å². The number of aromatic nitrogens is 3. The Bertz CT molecular complexity index is 799. The molecule has 10 nitrogen and oxygen atoms in total. The number of methoxy groups -OCH3 is 1. The normalized spacial score (nSPS) is 10.5. The predicted octanol–water partition coefficient (Wildman–Crippen LogP) is 0.702. The molecule has 2 rings (SSSR count). The summed E-state index contributed by atoms with van der Waals surface area (Å²) in [5.41, 5.74) is -0.975. The molecule has 2 heterocycles. The van der Waals surface area contributed by atoms with E-state index in [2.05, 4.69) is 15.5 Å². The number of carbonyl (C=O) groups excluding carboxylic acids is 1. The lowest BCUT2D eigenvalue weighted by atomic mass is 10.3. The molecule has 0 saturated heterocycles. The third kappa shape index (κ3) is 3.96. The molecule has 0 radical (unpaired) electrons. The highest BCUT2D eigenvalue weighted by Gasteiger charge is 2.18. The molecule has 0 aliphatic rings. The van der Waals surface area contributed by atoms with Gasteiger partial charge in [-0.1, -0.05) is 11.3 Å². The third-order valence-electron chi connectivity index (χ3n) is 2.85. The number of hydrogen-bond donors (Lipinski definition) is 1. The number of anilines is 1. The maximum Gasteiger partial charge on any atom is 0.334 e. The summed E-state index contributed by atoms with van der Waals surface area (Å²) in [6.45, 7) is 1.50. The molecule has 0 aliphatic heterocycles. The lowest BCUT2D eigenvalue weighted by Crippen LogP contribution is -2.30. The second-order valence-corrected chi connectivity index (χ2v) is 5.55. The maximum atomic E-state index is 12.0. The molecule has 0 fully saturated rings. The van der Waals surface area contributed by atoms with Gasteiger partial charge in [-0.15, -0.1) is 10.2 Å². The summed E-state index contributed by atoms with van der Waals surface area (Å²) in [6.07, 6.45) is 0. The Labute approximate surface area is 133 Å². The summed E-state index contributed by atoms with van der Waals surface area (Å²) < 4.78 is 5.93. The van der Waals surface area contributed by atoms with Gasteiger partial charge >= 0.3 is 11.2 Å². The molecule has 1 amide bonds. The fourth-order valence-corrected chi connectivity index (χ4v) is 2.51. The number of nitrogens with one attached hydrogen (secondary N) is 1. The highest BCUT2D eigenvalue weighted by atomic mass is 32.1. The summed E-state index contributed by atoms with van der Waals surface area (Å²) in [5.74, 6) is -0.532. The summed E-state index contributed by atoms with van der Waals surface area (Å²) in [7, 11) is 1.51. The van der Waals surface area contributed by atoms with E-state index in [4.69, 9.17) is 4.74 Å². The number of hydrogen-bond acceptors (Lipinski definition) is 8. The minimum Gasteiger partial charge on any atom is -0.377 e. The fourth-order valence-electron chi connectivity index (χ4n) is 1.78. The van der Waals surface area contributed by atoms with Crippen LogP contribution in [0.5, 0.6) is 0 Å². The van der Waals surface area contributed by atoms with E-state index >= 15 is 0 Å². The number of nitro groups is 1. The Kier molecular flexibility index (Phi) is 5.13. The Morgan fingerprint density at radius 3 is 2.87 bits per heavy atom. The topological polar surface area (TPSA) is 129 Å². The maximum absolute atomic E-state index is 12.0. The average Bonchev–Trinajstić information content (AvgIpc) is 2.90. The van der Waals surface area contributed by atoms with Crippen molar-refractivity contribution in [2.24, 2.45) is 0 Å². The quantitative estimate of drug-likeness (QED) is 0.605. The van der Waals surface area contributed by atoms with Gasteiger partial charge in [-0.05, 0) is 13.0 Å². The standard InChI is InChI=1S/C12H13N5O5S/c1-7-3-4-8(17(20)21)11(19)16(7)5-9(18)13-12-15-14-10(23-12)6-22-2/h3-4H,5-6H2,1-2H3,(H,13,15,18). The SMILES string of the molecule is COCc1nnc(NC(=O)Cn2c(C)ccc([N+](=O)[O-])c2=O)s1. The van der Waals surface area contributed by atoms with E-state index in [1.54, 1.807) is 6.92 Å². The van der Waals surface area contributed by atoms with Gasteiger partial charge in [0.25, 0.3) is 0 Å². The Balaban J connectivity index is 2.15. The molecule has 11 heteroatoms. The molecule has 0 atom stereocenters. The van der Waals surface area contributed by atoms with Crippen molar-refractivity contribution in [3.8, 4) is 0 Å². The fraction of sp³-hybridized carbons (Fsp3) is 0.333. The van der Waals surface area contributed by atoms with Crippen molar-refractivity contribution in [2.75, 3.05) is 12.4 Å². The minimum absolute atomic E-state index is 0.262. The Morgan fingerprint density at radius 1 is 1.48 bits per heavy atom. The second-order valence-electron chi connectivity index (χ2n) is 4.49. The van der Waals surface area contributed by atoms with E-state index in [1.807, 2.05) is 0 Å². The molecule has 2 aromatic heterocycles. The summed E-state index contributed by atoms with van der Waals surface area (Å²) >= 11 is 1.14. The lowest BCUT2D eigenvalue weighted by Gasteiger charge is -2.08. The van der Waals surface area contributed by atoms with Gasteiger partial charge in [-0.3, -0.25) is 29.6 Å². The number of ether oxygens (including phenoxy) is 1. The van der Waals surface area contributed by atoms with Gasteiger partial charge in [0, 0.05) is 18.9 Å². The predicted molar refractivity (Wildman–Crippen MR) is 81.3 cm³/mol. The molecular weight excluding hydrogens is 326 g/mol. The van der Waals surface area contributed by atoms with Crippen LogP contribution in [0.3, 0.4) is 0 Å². The molecular formula is C12H13N5O5S. The van der Waals surface area contributed by atoms with Crippen LogP contribution in [0.25, 0.3) is 0 Å². The number of rotatable bonds is 6. The molecule has 0 saturated carbocycles. The van der Waals surface area contributed by atoms with Gasteiger partial charge in [0.2, 0.25) is 11.0 Å². The highest BCUT2D eigenvalue weighted by molar-refractivity contribution is 7.15. The van der Waals surface area contributed by atoms with Gasteiger partial charge in [0.15, 0.2) is 0 Å². The molecule has 2 aromatic rings. The zero-order chi connectivity index (χ0) is 17.0. The molecule has 23 heavy (non-hydrogen) atoms. The monoisotopic (exact) mass is 339 g/mol. The van der Waals surface area contributed by atoms with Crippen molar-refractivity contribution in [3.05, 3.63) is 43.3 Å². The van der Waals surface area contributed by atoms with Gasteiger partial charge in [-0.2, -0.15) is 0 Å². The molecule has 0 unspecified atom stereocenters. The zero-order valence-electron chi connectivity index (χ0n) is 12.3. The van der Waals surface area contributed by atoms with E-state index in [-0.39, 0.29) is 18.3 Å². The van der Waals surface area contributed by atoms with Crippen LogP contribution in [0.4, 0.5) is 10.8 Å². The van der Waals surface area contributed by atoms with Crippen molar-refractivity contribution in [3.63, 3.8) is 0 Å². The second kappa shape index (κ2) is 7.07. The lowest BCUT2D eigenvalue weighted by molar-refractivity contribution is -0.386. The first-order valence-corrected chi connectivity index (χ1v) is 7.20. The number of pyridine rings is 1. The van der Waals surface area contributed by atoms with Crippen molar-refractivity contribution in [2.45, 2.75) is 20.1 Å². The smallest absolute Gasteiger partial charge is 0.334 e. The van der Waals surface area contributed by atoms with Crippen molar-refractivity contribution in [1.29, 1.82) is 0 Å². The van der Waals surface area contributed by atoms with Gasteiger partial charge in [0.1, 0.15) is 18.2 Å². The van der Waals surface area contributed by atoms with Crippen LogP contribution >= 0.6 is 11.3 Å². The number of amides is 1. The van der Waals surface area contributed by atoms with Gasteiger partial charge < -0.3 is 4.74 Å². The van der Waals surface area contributed by atoms with Crippen LogP contribution in [-0.4, -0.2) is 32.7 Å². The van der Waals surface area contributed by atoms with E-state index in [9.17, 15) is 19.7 Å². The van der Waals surface area contributed by atoms with E-state index < -0.39 is 22.1 Å². The van der Waals surface area contributed by atoms with Crippen LogP contribution < -0.4 is 10.9 Å². The van der Waals surface area contributed by atoms with Crippen molar-refractivity contribution < 1.29 is 14.5 Å². The summed E-state index contributed by atoms with van der Waals surface area (Å²) in [6, 6.07) is 2.53. The molecule has 0 spiro atoms. The molecule has 0 aromatic carbocycles. The van der Waals surface area contributed by atoms with Crippen LogP contribution in [0.1, 0.15) is 10.7 Å². The van der Waals surface area contributed by atoms with E-state index in [1.165, 1.54) is 13.2 Å². The minimum atomic E-state index is -0.831. The Morgan fingerprint density at radius 2 is 2.22 bits per heavy atom. The van der Waals surface area contributed by atoms with Gasteiger partial charge in [0.05, 0.1) is 4.92 Å². The molecule has 1 N–H and O–H groups in total. The van der Waals surface area contributed by atoms with Crippen LogP contribution in [0.15, 0.2) is 16.9 Å². The number of aryl methyl sites for hydroxylation is 1. The first kappa shape index (κ1) is 16.7. The van der Waals surface area contributed by atoms with Crippen molar-refractivity contribution >= 4 is 28.1 Å². The first-order chi connectivity index (χ1) is 10.9. The average molecular weight is 339 g/mol. The van der Waals surface area contributed by atoms with Crippen LogP contribution in [0, 0.1) is 17.0 Å². The summed E-state index contributed by atoms with van der Waals surface area (Å²) in [4.78, 5) is 34.0. The van der Waals surface area contributed by atoms with E-state index in [0.717, 1.165) is 22.0 Å². The van der Waals surface area contributed by atoms with E-state index in [0.29, 0.717) is 10.7 Å². The van der Waals surface area contributed by atoms with Crippen LogP contribution in [0.2, 0.25) is 0 Å². The zero-order valence-corrected chi connectivity index (χ0v) is 13.1. The largest absolute Gasteiger partial charge is 0.377 e. The highest BCUT2D eigenvalue weighted by Crippen LogP contribution is 2.15. The number of nitrogens with zero attached hydrogens (tertiary/aromatic N) is 4. The van der Waals surface area contributed by atoms with Crippen LogP contribution in [-0.2, 0) is 22.7 Å². The first-order valence-electron chi connectivity index (χ1n) is 6.38. The molecule has 0 bridgehead atoms. The number of carbonyl (C=O) groups is 1.